The molecule has 3 rings (SSSR count). The molecule has 0 fully saturated rings. The van der Waals surface area contributed by atoms with Gasteiger partial charge >= 0.3 is 0 Å². The van der Waals surface area contributed by atoms with Gasteiger partial charge in [-0.15, -0.1) is 0 Å². The Balaban J connectivity index is 2.37. The van der Waals surface area contributed by atoms with Gasteiger partial charge in [-0.25, -0.2) is 4.98 Å². The first-order valence-electron chi connectivity index (χ1n) is 6.87. The molecule has 3 aromatic rings. The summed E-state index contributed by atoms with van der Waals surface area (Å²) in [6, 6.07) is 19.8. The van der Waals surface area contributed by atoms with Gasteiger partial charge < -0.3 is 4.57 Å². The molecule has 0 aliphatic rings. The van der Waals surface area contributed by atoms with E-state index in [1.165, 1.54) is 0 Å². The molecule has 104 valence electrons. The Labute approximate surface area is 123 Å². The van der Waals surface area contributed by atoms with Crippen LogP contribution < -0.4 is 5.56 Å². The lowest BCUT2D eigenvalue weighted by Gasteiger charge is -2.14. The zero-order chi connectivity index (χ0) is 14.8. The normalized spacial score (nSPS) is 10.6. The molecule has 3 heteroatoms. The molecule has 0 unspecified atom stereocenters. The molecule has 0 radical (unpaired) electrons. The highest BCUT2D eigenvalue weighted by molar-refractivity contribution is 5.78. The van der Waals surface area contributed by atoms with Gasteiger partial charge in [-0.05, 0) is 6.92 Å². The summed E-state index contributed by atoms with van der Waals surface area (Å²) in [6.45, 7) is 1.75. The van der Waals surface area contributed by atoms with Crippen molar-refractivity contribution in [2.75, 3.05) is 0 Å². The molecule has 1 heterocycles. The van der Waals surface area contributed by atoms with Crippen LogP contribution >= 0.6 is 0 Å². The van der Waals surface area contributed by atoms with Gasteiger partial charge in [0.15, 0.2) is 0 Å². The molecule has 0 spiro atoms. The first-order valence-corrected chi connectivity index (χ1v) is 6.87. The van der Waals surface area contributed by atoms with E-state index < -0.39 is 0 Å². The zero-order valence-corrected chi connectivity index (χ0v) is 12.1. The second-order valence-corrected chi connectivity index (χ2v) is 4.99. The van der Waals surface area contributed by atoms with Crippen molar-refractivity contribution in [3.05, 3.63) is 76.7 Å². The van der Waals surface area contributed by atoms with E-state index >= 15 is 0 Å². The van der Waals surface area contributed by atoms with Gasteiger partial charge in [0.1, 0.15) is 5.69 Å². The molecular weight excluding hydrogens is 260 g/mol. The minimum Gasteiger partial charge on any atom is -0.308 e. The molecule has 1 aromatic heterocycles. The third-order valence-corrected chi connectivity index (χ3v) is 3.55. The van der Waals surface area contributed by atoms with Crippen LogP contribution in [0.15, 0.2) is 65.5 Å². The maximum absolute atomic E-state index is 12.2. The molecule has 2 aromatic carbocycles. The predicted octanol–water partition coefficient (Wildman–Crippen LogP) is 3.42. The summed E-state index contributed by atoms with van der Waals surface area (Å²) in [5.41, 5.74) is 4.13. The molecule has 0 bridgehead atoms. The number of nitrogens with zero attached hydrogens (tertiary/aromatic N) is 2. The lowest BCUT2D eigenvalue weighted by atomic mass is 10.0. The van der Waals surface area contributed by atoms with Gasteiger partial charge in [0, 0.05) is 18.2 Å². The van der Waals surface area contributed by atoms with Gasteiger partial charge in [0.25, 0.3) is 5.56 Å². The Morgan fingerprint density at radius 1 is 0.857 bits per heavy atom. The van der Waals surface area contributed by atoms with Crippen LogP contribution in [0.5, 0.6) is 0 Å². The SMILES string of the molecule is Cc1nc(-c2ccccc2)c(-c2ccccc2)n(C)c1=O. The Morgan fingerprint density at radius 2 is 1.38 bits per heavy atom. The summed E-state index contributed by atoms with van der Waals surface area (Å²) in [5.74, 6) is 0. The Kier molecular flexibility index (Phi) is 3.40. The van der Waals surface area contributed by atoms with E-state index in [-0.39, 0.29) is 5.56 Å². The van der Waals surface area contributed by atoms with E-state index in [1.54, 1.807) is 18.5 Å². The van der Waals surface area contributed by atoms with Crippen molar-refractivity contribution in [1.29, 1.82) is 0 Å². The molecular formula is C18H16N2O. The van der Waals surface area contributed by atoms with Crippen LogP contribution in [0.4, 0.5) is 0 Å². The summed E-state index contributed by atoms with van der Waals surface area (Å²) < 4.78 is 1.68. The molecule has 0 amide bonds. The molecule has 21 heavy (non-hydrogen) atoms. The van der Waals surface area contributed by atoms with E-state index in [4.69, 9.17) is 0 Å². The first kappa shape index (κ1) is 13.3. The van der Waals surface area contributed by atoms with Crippen molar-refractivity contribution in [2.24, 2.45) is 7.05 Å². The fourth-order valence-electron chi connectivity index (χ4n) is 2.50. The van der Waals surface area contributed by atoms with Crippen molar-refractivity contribution < 1.29 is 0 Å². The lowest BCUT2D eigenvalue weighted by Crippen LogP contribution is -2.23. The monoisotopic (exact) mass is 276 g/mol. The van der Waals surface area contributed by atoms with Crippen molar-refractivity contribution in [2.45, 2.75) is 6.92 Å². The quantitative estimate of drug-likeness (QED) is 0.719. The third-order valence-electron chi connectivity index (χ3n) is 3.55. The summed E-state index contributed by atoms with van der Waals surface area (Å²) in [4.78, 5) is 16.8. The Bertz CT molecular complexity index is 821. The fourth-order valence-corrected chi connectivity index (χ4v) is 2.50. The number of rotatable bonds is 2. The van der Waals surface area contributed by atoms with E-state index in [2.05, 4.69) is 4.98 Å². The molecule has 0 N–H and O–H groups in total. The predicted molar refractivity (Wildman–Crippen MR) is 85.1 cm³/mol. The van der Waals surface area contributed by atoms with Gasteiger partial charge in [0.05, 0.1) is 11.4 Å². The first-order chi connectivity index (χ1) is 10.2. The lowest BCUT2D eigenvalue weighted by molar-refractivity contribution is 0.836. The average Bonchev–Trinajstić information content (AvgIpc) is 2.54. The molecule has 0 aliphatic carbocycles. The third kappa shape index (κ3) is 2.38. The zero-order valence-electron chi connectivity index (χ0n) is 12.1. The van der Waals surface area contributed by atoms with Crippen LogP contribution in [0.25, 0.3) is 22.5 Å². The summed E-state index contributed by atoms with van der Waals surface area (Å²) in [5, 5.41) is 0. The number of hydrogen-bond donors (Lipinski definition) is 0. The van der Waals surface area contributed by atoms with Crippen LogP contribution in [0.1, 0.15) is 5.69 Å². The van der Waals surface area contributed by atoms with Gasteiger partial charge in [-0.2, -0.15) is 0 Å². The van der Waals surface area contributed by atoms with Crippen molar-refractivity contribution >= 4 is 0 Å². The summed E-state index contributed by atoms with van der Waals surface area (Å²) >= 11 is 0. The number of aryl methyl sites for hydroxylation is 1. The van der Waals surface area contributed by atoms with Crippen LogP contribution in [0, 0.1) is 6.92 Å². The molecule has 0 aliphatic heterocycles. The highest BCUT2D eigenvalue weighted by Crippen LogP contribution is 2.28. The second kappa shape index (κ2) is 5.37. The second-order valence-electron chi connectivity index (χ2n) is 4.99. The van der Waals surface area contributed by atoms with Crippen LogP contribution in [0.2, 0.25) is 0 Å². The van der Waals surface area contributed by atoms with Crippen molar-refractivity contribution in [1.82, 2.24) is 9.55 Å². The molecule has 0 saturated heterocycles. The number of benzene rings is 2. The molecule has 0 saturated carbocycles. The maximum Gasteiger partial charge on any atom is 0.272 e. The number of hydrogen-bond acceptors (Lipinski definition) is 2. The molecule has 0 atom stereocenters. The van der Waals surface area contributed by atoms with E-state index in [0.717, 1.165) is 22.5 Å². The van der Waals surface area contributed by atoms with Gasteiger partial charge in [-0.3, -0.25) is 4.79 Å². The van der Waals surface area contributed by atoms with Gasteiger partial charge in [-0.1, -0.05) is 60.7 Å². The largest absolute Gasteiger partial charge is 0.308 e. The van der Waals surface area contributed by atoms with Crippen LogP contribution in [0.3, 0.4) is 0 Å². The van der Waals surface area contributed by atoms with Crippen molar-refractivity contribution in [3.8, 4) is 22.5 Å². The van der Waals surface area contributed by atoms with Crippen LogP contribution in [-0.2, 0) is 7.05 Å². The summed E-state index contributed by atoms with van der Waals surface area (Å²) in [6.07, 6.45) is 0. The smallest absolute Gasteiger partial charge is 0.272 e. The minimum absolute atomic E-state index is 0.0615. The topological polar surface area (TPSA) is 34.9 Å². The summed E-state index contributed by atoms with van der Waals surface area (Å²) in [7, 11) is 1.80. The highest BCUT2D eigenvalue weighted by atomic mass is 16.1. The van der Waals surface area contributed by atoms with Crippen LogP contribution in [-0.4, -0.2) is 9.55 Å². The van der Waals surface area contributed by atoms with Gasteiger partial charge in [0.2, 0.25) is 0 Å². The van der Waals surface area contributed by atoms with Crippen molar-refractivity contribution in [3.63, 3.8) is 0 Å². The fraction of sp³-hybridized carbons (Fsp3) is 0.111. The van der Waals surface area contributed by atoms with E-state index in [9.17, 15) is 4.79 Å². The van der Waals surface area contributed by atoms with E-state index in [0.29, 0.717) is 5.69 Å². The standard InChI is InChI=1S/C18H16N2O/c1-13-18(21)20(2)17(15-11-7-4-8-12-15)16(19-13)14-9-5-3-6-10-14/h3-12H,1-2H3. The van der Waals surface area contributed by atoms with E-state index in [1.807, 2.05) is 60.7 Å². The maximum atomic E-state index is 12.2. The minimum atomic E-state index is -0.0615. The Morgan fingerprint density at radius 3 is 1.95 bits per heavy atom. The number of aromatic nitrogens is 2. The average molecular weight is 276 g/mol. The molecule has 3 nitrogen and oxygen atoms in total. The Hall–Kier alpha value is -2.68. The highest BCUT2D eigenvalue weighted by Gasteiger charge is 2.15.